The number of hydrogen-bond acceptors (Lipinski definition) is 3. The maximum Gasteiger partial charge on any atom is 0.131 e. The molecule has 1 unspecified atom stereocenters. The highest BCUT2D eigenvalue weighted by Gasteiger charge is 2.22. The Kier molecular flexibility index (Phi) is 4.34. The summed E-state index contributed by atoms with van der Waals surface area (Å²) in [5.41, 5.74) is 0.948. The molecule has 0 aliphatic heterocycles. The lowest BCUT2D eigenvalue weighted by Gasteiger charge is -2.19. The molecule has 0 saturated heterocycles. The average Bonchev–Trinajstić information content (AvgIpc) is 2.85. The van der Waals surface area contributed by atoms with Crippen LogP contribution in [0.4, 0.5) is 8.78 Å². The molecule has 7 heteroatoms. The second-order valence-corrected chi connectivity index (χ2v) is 5.79. The van der Waals surface area contributed by atoms with Crippen molar-refractivity contribution >= 4 is 33.5 Å². The van der Waals surface area contributed by atoms with Crippen molar-refractivity contribution in [2.24, 2.45) is 0 Å². The van der Waals surface area contributed by atoms with E-state index >= 15 is 0 Å². The Morgan fingerprint density at radius 3 is 2.91 bits per heavy atom. The highest BCUT2D eigenvalue weighted by Crippen LogP contribution is 2.28. The molecular weight excluding hydrogens is 403 g/mol. The Morgan fingerprint density at radius 1 is 1.32 bits per heavy atom. The Hall–Kier alpha value is -1.61. The highest BCUT2D eigenvalue weighted by molar-refractivity contribution is 14.1. The first-order valence-electron chi connectivity index (χ1n) is 6.53. The molecule has 3 aromatic rings. The van der Waals surface area contributed by atoms with Crippen LogP contribution in [0.5, 0.6) is 0 Å². The van der Waals surface area contributed by atoms with E-state index in [-0.39, 0.29) is 12.2 Å². The van der Waals surface area contributed by atoms with E-state index in [0.29, 0.717) is 0 Å². The number of methoxy groups -OCH3 is 1. The van der Waals surface area contributed by atoms with Gasteiger partial charge in [0, 0.05) is 24.3 Å². The summed E-state index contributed by atoms with van der Waals surface area (Å²) in [4.78, 5) is 4.09. The molecule has 0 spiro atoms. The first kappa shape index (κ1) is 15.3. The number of fused-ring (bicyclic) bond motifs is 1. The number of nitrogens with zero attached hydrogens (tertiary/aromatic N) is 3. The van der Waals surface area contributed by atoms with Crippen molar-refractivity contribution in [1.82, 2.24) is 14.8 Å². The minimum absolute atomic E-state index is 0.169. The van der Waals surface area contributed by atoms with Crippen molar-refractivity contribution in [1.29, 1.82) is 0 Å². The van der Waals surface area contributed by atoms with Gasteiger partial charge in [-0.05, 0) is 46.9 Å². The summed E-state index contributed by atoms with van der Waals surface area (Å²) in [5.74, 6) is -0.993. The lowest BCUT2D eigenvalue weighted by atomic mass is 10.1. The molecule has 114 valence electrons. The van der Waals surface area contributed by atoms with E-state index in [2.05, 4.69) is 32.7 Å². The maximum absolute atomic E-state index is 14.2. The molecule has 0 aliphatic carbocycles. The summed E-state index contributed by atoms with van der Waals surface area (Å²) in [5, 5.41) is 5.36. The van der Waals surface area contributed by atoms with E-state index in [4.69, 9.17) is 4.74 Å². The monoisotopic (exact) mass is 415 g/mol. The predicted molar refractivity (Wildman–Crippen MR) is 86.6 cm³/mol. The van der Waals surface area contributed by atoms with Gasteiger partial charge in [-0.3, -0.25) is 9.67 Å². The van der Waals surface area contributed by atoms with Crippen molar-refractivity contribution in [3.8, 4) is 0 Å². The number of benzene rings is 1. The number of hydrogen-bond donors (Lipinski definition) is 0. The molecule has 0 saturated carbocycles. The number of aromatic nitrogens is 3. The molecular formula is C15H12F2IN3O. The largest absolute Gasteiger partial charge is 0.382 e. The number of halogens is 3. The molecule has 3 rings (SSSR count). The van der Waals surface area contributed by atoms with Crippen LogP contribution in [0.2, 0.25) is 0 Å². The third-order valence-corrected chi connectivity index (χ3v) is 4.20. The number of rotatable bonds is 4. The summed E-state index contributed by atoms with van der Waals surface area (Å²) in [6, 6.07) is 4.65. The molecule has 1 atom stereocenters. The van der Waals surface area contributed by atoms with Crippen LogP contribution >= 0.6 is 22.6 Å². The fourth-order valence-electron chi connectivity index (χ4n) is 2.40. The quantitative estimate of drug-likeness (QED) is 0.613. The standard InChI is InChI=1S/C15H12F2IN3O/c1-22-8-14(11-6-9(16)2-3-12(11)17)21-13-7-19-5-4-10(13)15(18)20-21/h2-7,14H,8H2,1H3. The van der Waals surface area contributed by atoms with Gasteiger partial charge in [0.05, 0.1) is 18.3 Å². The first-order chi connectivity index (χ1) is 10.6. The van der Waals surface area contributed by atoms with E-state index < -0.39 is 17.7 Å². The summed E-state index contributed by atoms with van der Waals surface area (Å²) in [7, 11) is 1.51. The van der Waals surface area contributed by atoms with Gasteiger partial charge in [0.2, 0.25) is 0 Å². The van der Waals surface area contributed by atoms with Crippen LogP contribution in [0.3, 0.4) is 0 Å². The SMILES string of the molecule is COCC(c1cc(F)ccc1F)n1nc(I)c2ccncc21. The zero-order valence-corrected chi connectivity index (χ0v) is 13.8. The van der Waals surface area contributed by atoms with Gasteiger partial charge in [0.15, 0.2) is 0 Å². The van der Waals surface area contributed by atoms with Crippen molar-refractivity contribution in [3.05, 3.63) is 57.6 Å². The predicted octanol–water partition coefficient (Wildman–Crippen LogP) is 3.55. The normalized spacial score (nSPS) is 12.7. The molecule has 0 aliphatic rings. The lowest BCUT2D eigenvalue weighted by molar-refractivity contribution is 0.164. The molecule has 22 heavy (non-hydrogen) atoms. The summed E-state index contributed by atoms with van der Waals surface area (Å²) in [6.07, 6.45) is 3.33. The highest BCUT2D eigenvalue weighted by atomic mass is 127. The van der Waals surface area contributed by atoms with E-state index in [1.54, 1.807) is 17.1 Å². The summed E-state index contributed by atoms with van der Waals surface area (Å²) < 4.78 is 35.3. The smallest absolute Gasteiger partial charge is 0.131 e. The molecule has 0 amide bonds. The number of ether oxygens (including phenoxy) is 1. The third-order valence-electron chi connectivity index (χ3n) is 3.40. The maximum atomic E-state index is 14.2. The van der Waals surface area contributed by atoms with Gasteiger partial charge in [-0.1, -0.05) is 0 Å². The molecule has 0 N–H and O–H groups in total. The zero-order chi connectivity index (χ0) is 15.7. The molecule has 0 radical (unpaired) electrons. The Morgan fingerprint density at radius 2 is 2.14 bits per heavy atom. The topological polar surface area (TPSA) is 39.9 Å². The van der Waals surface area contributed by atoms with Crippen molar-refractivity contribution in [2.45, 2.75) is 6.04 Å². The first-order valence-corrected chi connectivity index (χ1v) is 7.61. The Balaban J connectivity index is 2.20. The fourth-order valence-corrected chi connectivity index (χ4v) is 3.09. The van der Waals surface area contributed by atoms with Crippen LogP contribution < -0.4 is 0 Å². The van der Waals surface area contributed by atoms with Crippen molar-refractivity contribution in [2.75, 3.05) is 13.7 Å². The van der Waals surface area contributed by atoms with Gasteiger partial charge in [0.25, 0.3) is 0 Å². The van der Waals surface area contributed by atoms with Crippen molar-refractivity contribution < 1.29 is 13.5 Å². The average molecular weight is 415 g/mol. The van der Waals surface area contributed by atoms with E-state index in [1.165, 1.54) is 13.2 Å². The van der Waals surface area contributed by atoms with Gasteiger partial charge in [0.1, 0.15) is 21.4 Å². The van der Waals surface area contributed by atoms with Gasteiger partial charge in [-0.15, -0.1) is 0 Å². The van der Waals surface area contributed by atoms with E-state index in [9.17, 15) is 8.78 Å². The summed E-state index contributed by atoms with van der Waals surface area (Å²) >= 11 is 2.11. The van der Waals surface area contributed by atoms with Crippen LogP contribution in [0, 0.1) is 15.3 Å². The molecule has 2 aromatic heterocycles. The second-order valence-electron chi connectivity index (χ2n) is 4.77. The molecule has 0 fully saturated rings. The second kappa shape index (κ2) is 6.25. The van der Waals surface area contributed by atoms with Crippen LogP contribution in [0.25, 0.3) is 10.9 Å². The molecule has 0 bridgehead atoms. The molecule has 4 nitrogen and oxygen atoms in total. The minimum Gasteiger partial charge on any atom is -0.382 e. The van der Waals surface area contributed by atoms with Gasteiger partial charge in [-0.25, -0.2) is 8.78 Å². The third kappa shape index (κ3) is 2.70. The van der Waals surface area contributed by atoms with Crippen LogP contribution in [-0.2, 0) is 4.74 Å². The molecule has 2 heterocycles. The van der Waals surface area contributed by atoms with Crippen LogP contribution in [0.1, 0.15) is 11.6 Å². The van der Waals surface area contributed by atoms with Crippen molar-refractivity contribution in [3.63, 3.8) is 0 Å². The van der Waals surface area contributed by atoms with Gasteiger partial charge >= 0.3 is 0 Å². The number of pyridine rings is 1. The van der Waals surface area contributed by atoms with Crippen LogP contribution in [0.15, 0.2) is 36.7 Å². The molecule has 1 aromatic carbocycles. The lowest BCUT2D eigenvalue weighted by Crippen LogP contribution is -2.19. The summed E-state index contributed by atoms with van der Waals surface area (Å²) in [6.45, 7) is 0.169. The fraction of sp³-hybridized carbons (Fsp3) is 0.200. The van der Waals surface area contributed by atoms with Gasteiger partial charge in [-0.2, -0.15) is 5.10 Å². The van der Waals surface area contributed by atoms with E-state index in [0.717, 1.165) is 26.7 Å². The minimum atomic E-state index is -0.573. The van der Waals surface area contributed by atoms with E-state index in [1.807, 2.05) is 6.07 Å². The Bertz CT molecular complexity index is 822. The Labute approximate surface area is 139 Å². The van der Waals surface area contributed by atoms with Crippen LogP contribution in [-0.4, -0.2) is 28.5 Å². The zero-order valence-electron chi connectivity index (χ0n) is 11.6. The van der Waals surface area contributed by atoms with Gasteiger partial charge < -0.3 is 4.74 Å².